The third-order valence-electron chi connectivity index (χ3n) is 5.73. The molecule has 29 heavy (non-hydrogen) atoms. The van der Waals surface area contributed by atoms with Gasteiger partial charge in [-0.25, -0.2) is 18.7 Å². The van der Waals surface area contributed by atoms with Gasteiger partial charge in [0.2, 0.25) is 0 Å². The van der Waals surface area contributed by atoms with Crippen LogP contribution < -0.4 is 5.56 Å². The number of aromatic nitrogens is 3. The van der Waals surface area contributed by atoms with Gasteiger partial charge < -0.3 is 0 Å². The van der Waals surface area contributed by atoms with Crippen LogP contribution in [0.3, 0.4) is 0 Å². The number of thiazole rings is 1. The second kappa shape index (κ2) is 7.57. The second-order valence-corrected chi connectivity index (χ2v) is 9.01. The summed E-state index contributed by atoms with van der Waals surface area (Å²) in [5.41, 5.74) is 0.185. The van der Waals surface area contributed by atoms with E-state index in [1.807, 2.05) is 12.3 Å². The monoisotopic (exact) mass is 416 g/mol. The number of hydrogen-bond acceptors (Lipinski definition) is 5. The fraction of sp³-hybridized carbons (Fsp3) is 0.476. The van der Waals surface area contributed by atoms with E-state index in [1.165, 1.54) is 27.3 Å². The molecule has 152 valence electrons. The summed E-state index contributed by atoms with van der Waals surface area (Å²) in [6.45, 7) is 0.952. The van der Waals surface area contributed by atoms with Crippen molar-refractivity contribution >= 4 is 22.2 Å². The van der Waals surface area contributed by atoms with Gasteiger partial charge in [0.25, 0.3) is 12.0 Å². The van der Waals surface area contributed by atoms with E-state index in [1.54, 1.807) is 29.5 Å². The molecule has 2 fully saturated rings. The molecular formula is C21H22F2N4OS. The van der Waals surface area contributed by atoms with Crippen LogP contribution in [-0.4, -0.2) is 32.4 Å². The van der Waals surface area contributed by atoms with E-state index in [-0.39, 0.29) is 11.6 Å². The summed E-state index contributed by atoms with van der Waals surface area (Å²) in [7, 11) is 0. The molecule has 1 saturated heterocycles. The smallest absolute Gasteiger partial charge is 0.261 e. The summed E-state index contributed by atoms with van der Waals surface area (Å²) in [6.07, 6.45) is 3.54. The molecule has 1 aliphatic carbocycles. The van der Waals surface area contributed by atoms with Gasteiger partial charge in [-0.05, 0) is 44.4 Å². The number of nitrogens with zero attached hydrogens (tertiary/aromatic N) is 4. The van der Waals surface area contributed by atoms with E-state index < -0.39 is 13.0 Å². The molecule has 1 aliphatic heterocycles. The van der Waals surface area contributed by atoms with Gasteiger partial charge in [-0.3, -0.25) is 14.3 Å². The van der Waals surface area contributed by atoms with Gasteiger partial charge in [0, 0.05) is 23.5 Å². The highest BCUT2D eigenvalue weighted by Gasteiger charge is 2.32. The van der Waals surface area contributed by atoms with Gasteiger partial charge in [-0.15, -0.1) is 11.3 Å². The molecule has 2 aromatic heterocycles. The zero-order chi connectivity index (χ0) is 20.0. The highest BCUT2D eigenvalue weighted by Crippen LogP contribution is 2.42. The van der Waals surface area contributed by atoms with E-state index >= 15 is 0 Å². The number of halogens is 2. The summed E-state index contributed by atoms with van der Waals surface area (Å²) in [6, 6.07) is 6.84. The Morgan fingerprint density at radius 1 is 1.21 bits per heavy atom. The van der Waals surface area contributed by atoms with Gasteiger partial charge in [0.05, 0.1) is 28.5 Å². The van der Waals surface area contributed by atoms with Crippen molar-refractivity contribution in [2.75, 3.05) is 6.54 Å². The summed E-state index contributed by atoms with van der Waals surface area (Å²) in [5, 5.41) is 1.59. The lowest BCUT2D eigenvalue weighted by Gasteiger charge is -2.26. The Morgan fingerprint density at radius 2 is 2.03 bits per heavy atom. The first kappa shape index (κ1) is 18.8. The fourth-order valence-electron chi connectivity index (χ4n) is 4.18. The molecule has 8 heteroatoms. The lowest BCUT2D eigenvalue weighted by molar-refractivity contribution is 0.120. The molecule has 1 unspecified atom stereocenters. The van der Waals surface area contributed by atoms with Gasteiger partial charge in [0.15, 0.2) is 0 Å². The molecule has 5 nitrogen and oxygen atoms in total. The number of benzene rings is 1. The molecule has 5 rings (SSSR count). The van der Waals surface area contributed by atoms with Crippen LogP contribution in [0.2, 0.25) is 0 Å². The molecule has 0 spiro atoms. The van der Waals surface area contributed by atoms with E-state index in [0.29, 0.717) is 29.2 Å². The summed E-state index contributed by atoms with van der Waals surface area (Å²) < 4.78 is 27.8. The minimum absolute atomic E-state index is 0.141. The second-order valence-electron chi connectivity index (χ2n) is 7.86. The van der Waals surface area contributed by atoms with Crippen LogP contribution in [0.4, 0.5) is 8.78 Å². The Morgan fingerprint density at radius 3 is 2.83 bits per heavy atom. The quantitative estimate of drug-likeness (QED) is 0.600. The maximum atomic E-state index is 13.3. The van der Waals surface area contributed by atoms with Crippen LogP contribution in [0.25, 0.3) is 10.9 Å². The molecule has 0 radical (unpaired) electrons. The average Bonchev–Trinajstić information content (AvgIpc) is 3.28. The van der Waals surface area contributed by atoms with Gasteiger partial charge in [0.1, 0.15) is 5.82 Å². The van der Waals surface area contributed by atoms with Crippen LogP contribution in [0.5, 0.6) is 0 Å². The Bertz CT molecular complexity index is 1090. The Kier molecular flexibility index (Phi) is 4.91. The van der Waals surface area contributed by atoms with Crippen molar-refractivity contribution in [1.29, 1.82) is 0 Å². The Balaban J connectivity index is 1.51. The van der Waals surface area contributed by atoms with Crippen molar-refractivity contribution in [3.63, 3.8) is 0 Å². The number of alkyl halides is 2. The maximum Gasteiger partial charge on any atom is 0.261 e. The molecule has 1 atom stereocenters. The summed E-state index contributed by atoms with van der Waals surface area (Å²) >= 11 is 1.75. The lowest BCUT2D eigenvalue weighted by Crippen LogP contribution is -2.33. The normalized spacial score (nSPS) is 20.2. The third-order valence-corrected chi connectivity index (χ3v) is 6.87. The average molecular weight is 416 g/mol. The lowest BCUT2D eigenvalue weighted by atomic mass is 10.1. The first-order valence-corrected chi connectivity index (χ1v) is 10.9. The minimum atomic E-state index is -2.60. The maximum absolute atomic E-state index is 13.3. The van der Waals surface area contributed by atoms with Crippen LogP contribution in [-0.2, 0) is 13.1 Å². The van der Waals surface area contributed by atoms with E-state index in [0.717, 1.165) is 19.4 Å². The van der Waals surface area contributed by atoms with Crippen molar-refractivity contribution in [2.45, 2.75) is 57.2 Å². The molecule has 0 amide bonds. The number of para-hydroxylation sites is 1. The van der Waals surface area contributed by atoms with Crippen LogP contribution in [0.1, 0.15) is 53.4 Å². The summed E-state index contributed by atoms with van der Waals surface area (Å²) in [5.74, 6) is 1.08. The SMILES string of the molecule is O=c1c2ccccc2nc(C2CCCN2Cc2cnc(C3CC3)s2)n1CC(F)F. The topological polar surface area (TPSA) is 51.0 Å². The first-order valence-electron chi connectivity index (χ1n) is 10.1. The molecule has 3 aromatic rings. The van der Waals surface area contributed by atoms with Crippen molar-refractivity contribution in [3.05, 3.63) is 56.5 Å². The van der Waals surface area contributed by atoms with Crippen molar-refractivity contribution in [3.8, 4) is 0 Å². The van der Waals surface area contributed by atoms with Crippen LogP contribution in [0, 0.1) is 0 Å². The predicted molar refractivity (Wildman–Crippen MR) is 108 cm³/mol. The van der Waals surface area contributed by atoms with Crippen molar-refractivity contribution in [1.82, 2.24) is 19.4 Å². The van der Waals surface area contributed by atoms with E-state index in [4.69, 9.17) is 0 Å². The molecule has 1 aromatic carbocycles. The minimum Gasteiger partial charge on any atom is -0.289 e. The third kappa shape index (κ3) is 3.71. The first-order chi connectivity index (χ1) is 14.1. The number of fused-ring (bicyclic) bond motifs is 1. The van der Waals surface area contributed by atoms with Gasteiger partial charge in [-0.2, -0.15) is 0 Å². The molecule has 1 saturated carbocycles. The van der Waals surface area contributed by atoms with E-state index in [2.05, 4.69) is 14.9 Å². The molecule has 0 N–H and O–H groups in total. The zero-order valence-corrected chi connectivity index (χ0v) is 16.7. The Hall–Kier alpha value is -2.19. The number of rotatable bonds is 6. The molecule has 0 bridgehead atoms. The standard InChI is InChI=1S/C21H22F2N4OS/c22-18(23)12-27-19(25-16-5-2-1-4-15(16)21(27)28)17-6-3-9-26(17)11-14-10-24-20(29-14)13-7-8-13/h1-2,4-5,10,13,17-18H,3,6-9,11-12H2. The highest BCUT2D eigenvalue weighted by atomic mass is 32.1. The highest BCUT2D eigenvalue weighted by molar-refractivity contribution is 7.11. The zero-order valence-electron chi connectivity index (χ0n) is 15.9. The summed E-state index contributed by atoms with van der Waals surface area (Å²) in [4.78, 5) is 25.6. The number of likely N-dealkylation sites (tertiary alicyclic amines) is 1. The van der Waals surface area contributed by atoms with E-state index in [9.17, 15) is 13.6 Å². The molecule has 3 heterocycles. The van der Waals surface area contributed by atoms with Crippen molar-refractivity contribution < 1.29 is 8.78 Å². The predicted octanol–water partition coefficient (Wildman–Crippen LogP) is 4.33. The van der Waals surface area contributed by atoms with Gasteiger partial charge in [-0.1, -0.05) is 12.1 Å². The van der Waals surface area contributed by atoms with Crippen molar-refractivity contribution in [2.24, 2.45) is 0 Å². The van der Waals surface area contributed by atoms with Crippen LogP contribution >= 0.6 is 11.3 Å². The molecule has 2 aliphatic rings. The Labute approximate surface area is 171 Å². The fourth-order valence-corrected chi connectivity index (χ4v) is 5.29. The largest absolute Gasteiger partial charge is 0.289 e. The number of hydrogen-bond donors (Lipinski definition) is 0. The van der Waals surface area contributed by atoms with Gasteiger partial charge >= 0.3 is 0 Å². The molecular weight excluding hydrogens is 394 g/mol. The van der Waals surface area contributed by atoms with Crippen LogP contribution in [0.15, 0.2) is 35.3 Å².